The van der Waals surface area contributed by atoms with Crippen molar-refractivity contribution < 1.29 is 9.53 Å². The van der Waals surface area contributed by atoms with Crippen LogP contribution in [0.4, 0.5) is 4.79 Å². The minimum absolute atomic E-state index is 0.567. The molecule has 0 fully saturated rings. The molecule has 0 spiro atoms. The first-order chi connectivity index (χ1) is 7.67. The summed E-state index contributed by atoms with van der Waals surface area (Å²) in [4.78, 5) is 10.9. The van der Waals surface area contributed by atoms with Crippen LogP contribution < -0.4 is 5.43 Å². The van der Waals surface area contributed by atoms with Crippen molar-refractivity contribution in [1.82, 2.24) is 5.43 Å². The summed E-state index contributed by atoms with van der Waals surface area (Å²) in [5.74, 6) is 0. The molecule has 4 nitrogen and oxygen atoms in total. The van der Waals surface area contributed by atoms with Crippen LogP contribution in [0.1, 0.15) is 18.9 Å². The number of benzene rings is 1. The number of hydrazone groups is 1. The maximum atomic E-state index is 10.9. The topological polar surface area (TPSA) is 50.7 Å². The van der Waals surface area contributed by atoms with Gasteiger partial charge in [0.05, 0.1) is 12.8 Å². The third kappa shape index (κ3) is 3.66. The van der Waals surface area contributed by atoms with Crippen molar-refractivity contribution >= 4 is 27.7 Å². The molecule has 0 heterocycles. The van der Waals surface area contributed by atoms with Crippen LogP contribution in [0.15, 0.2) is 33.8 Å². The molecule has 0 aliphatic heterocycles. The highest BCUT2D eigenvalue weighted by molar-refractivity contribution is 9.10. The van der Waals surface area contributed by atoms with E-state index in [0.29, 0.717) is 0 Å². The lowest BCUT2D eigenvalue weighted by Crippen LogP contribution is -2.19. The lowest BCUT2D eigenvalue weighted by atomic mass is 10.1. The minimum atomic E-state index is -0.567. The van der Waals surface area contributed by atoms with Crippen molar-refractivity contribution in [2.24, 2.45) is 5.10 Å². The van der Waals surface area contributed by atoms with Gasteiger partial charge in [-0.05, 0) is 24.1 Å². The van der Waals surface area contributed by atoms with Gasteiger partial charge in [0.25, 0.3) is 0 Å². The lowest BCUT2D eigenvalue weighted by Gasteiger charge is -2.04. The molecule has 0 saturated heterocycles. The summed E-state index contributed by atoms with van der Waals surface area (Å²) >= 11 is 3.36. The van der Waals surface area contributed by atoms with Crippen molar-refractivity contribution in [3.8, 4) is 0 Å². The molecule has 16 heavy (non-hydrogen) atoms. The molecule has 0 radical (unpaired) electrons. The van der Waals surface area contributed by atoms with E-state index in [-0.39, 0.29) is 0 Å². The molecule has 1 amide bonds. The Kier molecular flexibility index (Phi) is 4.98. The molecular weight excluding hydrogens is 272 g/mol. The maximum absolute atomic E-state index is 10.9. The first-order valence-corrected chi connectivity index (χ1v) is 5.63. The van der Waals surface area contributed by atoms with Crippen LogP contribution in [-0.2, 0) is 4.74 Å². The van der Waals surface area contributed by atoms with E-state index in [1.54, 1.807) is 0 Å². The predicted octanol–water partition coefficient (Wildman–Crippen LogP) is 2.92. The first-order valence-electron chi connectivity index (χ1n) is 4.83. The van der Waals surface area contributed by atoms with E-state index in [2.05, 4.69) is 31.2 Å². The summed E-state index contributed by atoms with van der Waals surface area (Å²) in [5.41, 5.74) is 4.09. The number of ether oxygens (including phenoxy) is 1. The van der Waals surface area contributed by atoms with Gasteiger partial charge >= 0.3 is 6.09 Å². The second kappa shape index (κ2) is 6.27. The zero-order chi connectivity index (χ0) is 12.0. The highest BCUT2D eigenvalue weighted by Gasteiger charge is 2.02. The lowest BCUT2D eigenvalue weighted by molar-refractivity contribution is 0.171. The Hall–Kier alpha value is -1.36. The SMILES string of the molecule is CC/C(=N/NC(=O)OC)c1ccc(Br)cc1. The van der Waals surface area contributed by atoms with Crippen LogP contribution >= 0.6 is 15.9 Å². The molecule has 1 aromatic rings. The van der Waals surface area contributed by atoms with Gasteiger partial charge in [0.1, 0.15) is 0 Å². The van der Waals surface area contributed by atoms with Crippen LogP contribution in [0.3, 0.4) is 0 Å². The Morgan fingerprint density at radius 3 is 2.56 bits per heavy atom. The zero-order valence-corrected chi connectivity index (χ0v) is 10.7. The highest BCUT2D eigenvalue weighted by atomic mass is 79.9. The number of hydrogen-bond donors (Lipinski definition) is 1. The molecule has 86 valence electrons. The number of carbonyl (C=O) groups is 1. The Morgan fingerprint density at radius 2 is 2.06 bits per heavy atom. The molecular formula is C11H13BrN2O2. The molecule has 5 heteroatoms. The third-order valence-electron chi connectivity index (χ3n) is 1.98. The number of methoxy groups -OCH3 is 1. The molecule has 0 aliphatic rings. The summed E-state index contributed by atoms with van der Waals surface area (Å²) in [7, 11) is 1.30. The van der Waals surface area contributed by atoms with Gasteiger partial charge in [-0.3, -0.25) is 0 Å². The molecule has 0 atom stereocenters. The molecule has 0 bridgehead atoms. The Balaban J connectivity index is 2.81. The number of carbonyl (C=O) groups excluding carboxylic acids is 1. The van der Waals surface area contributed by atoms with Crippen LogP contribution in [0.5, 0.6) is 0 Å². The smallest absolute Gasteiger partial charge is 0.427 e. The van der Waals surface area contributed by atoms with Gasteiger partial charge in [0.2, 0.25) is 0 Å². The van der Waals surface area contributed by atoms with Gasteiger partial charge < -0.3 is 4.74 Å². The summed E-state index contributed by atoms with van der Waals surface area (Å²) in [6.07, 6.45) is 0.161. The van der Waals surface area contributed by atoms with E-state index >= 15 is 0 Å². The Labute approximate surface area is 103 Å². The number of halogens is 1. The van der Waals surface area contributed by atoms with Crippen molar-refractivity contribution in [3.63, 3.8) is 0 Å². The van der Waals surface area contributed by atoms with Crippen molar-refractivity contribution in [1.29, 1.82) is 0 Å². The maximum Gasteiger partial charge on any atom is 0.427 e. The average Bonchev–Trinajstić information content (AvgIpc) is 2.31. The fourth-order valence-corrected chi connectivity index (χ4v) is 1.41. The monoisotopic (exact) mass is 284 g/mol. The van der Waals surface area contributed by atoms with Gasteiger partial charge in [0, 0.05) is 4.47 Å². The quantitative estimate of drug-likeness (QED) is 0.685. The number of rotatable bonds is 3. The molecule has 0 unspecified atom stereocenters. The fourth-order valence-electron chi connectivity index (χ4n) is 1.15. The van der Waals surface area contributed by atoms with Crippen molar-refractivity contribution in [2.45, 2.75) is 13.3 Å². The normalized spacial score (nSPS) is 11.1. The molecule has 0 saturated carbocycles. The first kappa shape index (κ1) is 12.7. The summed E-state index contributed by atoms with van der Waals surface area (Å²) in [6, 6.07) is 7.73. The third-order valence-corrected chi connectivity index (χ3v) is 2.51. The largest absolute Gasteiger partial charge is 0.452 e. The molecule has 1 N–H and O–H groups in total. The van der Waals surface area contributed by atoms with Crippen LogP contribution in [0.2, 0.25) is 0 Å². The van der Waals surface area contributed by atoms with Gasteiger partial charge in [-0.1, -0.05) is 35.0 Å². The van der Waals surface area contributed by atoms with Crippen molar-refractivity contribution in [3.05, 3.63) is 34.3 Å². The second-order valence-corrected chi connectivity index (χ2v) is 3.94. The van der Waals surface area contributed by atoms with Crippen molar-refractivity contribution in [2.75, 3.05) is 7.11 Å². The van der Waals surface area contributed by atoms with E-state index < -0.39 is 6.09 Å². The molecule has 1 rings (SSSR count). The minimum Gasteiger partial charge on any atom is -0.452 e. The van der Waals surface area contributed by atoms with Crippen LogP contribution in [0.25, 0.3) is 0 Å². The van der Waals surface area contributed by atoms with Gasteiger partial charge in [-0.15, -0.1) is 0 Å². The van der Waals surface area contributed by atoms with E-state index in [1.807, 2.05) is 31.2 Å². The van der Waals surface area contributed by atoms with E-state index in [9.17, 15) is 4.79 Å². The zero-order valence-electron chi connectivity index (χ0n) is 9.16. The Morgan fingerprint density at radius 1 is 1.44 bits per heavy atom. The summed E-state index contributed by atoms with van der Waals surface area (Å²) in [6.45, 7) is 1.97. The number of amides is 1. The number of hydrogen-bond acceptors (Lipinski definition) is 3. The highest BCUT2D eigenvalue weighted by Crippen LogP contribution is 2.12. The molecule has 0 aromatic heterocycles. The average molecular weight is 285 g/mol. The van der Waals surface area contributed by atoms with E-state index in [4.69, 9.17) is 0 Å². The van der Waals surface area contributed by atoms with E-state index in [1.165, 1.54) is 7.11 Å². The van der Waals surface area contributed by atoms with E-state index in [0.717, 1.165) is 22.2 Å². The molecule has 1 aromatic carbocycles. The number of nitrogens with one attached hydrogen (secondary N) is 1. The predicted molar refractivity (Wildman–Crippen MR) is 66.5 cm³/mol. The van der Waals surface area contributed by atoms with Crippen LogP contribution in [-0.4, -0.2) is 18.9 Å². The van der Waals surface area contributed by atoms with Gasteiger partial charge in [-0.25, -0.2) is 10.2 Å². The number of nitrogens with zero attached hydrogens (tertiary/aromatic N) is 1. The van der Waals surface area contributed by atoms with Gasteiger partial charge in [0.15, 0.2) is 0 Å². The summed E-state index contributed by atoms with van der Waals surface area (Å²) < 4.78 is 5.44. The van der Waals surface area contributed by atoms with Gasteiger partial charge in [-0.2, -0.15) is 5.10 Å². The standard InChI is InChI=1S/C11H13BrN2O2/c1-3-10(13-14-11(15)16-2)8-4-6-9(12)7-5-8/h4-7H,3H2,1-2H3,(H,14,15)/b13-10-. The Bertz CT molecular complexity index is 387. The second-order valence-electron chi connectivity index (χ2n) is 3.02. The van der Waals surface area contributed by atoms with Crippen LogP contribution in [0, 0.1) is 0 Å². The molecule has 0 aliphatic carbocycles. The fraction of sp³-hybridized carbons (Fsp3) is 0.273. The summed E-state index contributed by atoms with van der Waals surface area (Å²) in [5, 5.41) is 3.99.